The Labute approximate surface area is 117 Å². The van der Waals surface area contributed by atoms with Crippen molar-refractivity contribution in [1.82, 2.24) is 10.2 Å². The monoisotopic (exact) mass is 256 g/mol. The van der Waals surface area contributed by atoms with E-state index in [4.69, 9.17) is 6.42 Å². The summed E-state index contributed by atoms with van der Waals surface area (Å²) in [5, 5.41) is 3.34. The molecule has 1 aromatic carbocycles. The van der Waals surface area contributed by atoms with Gasteiger partial charge in [0.15, 0.2) is 0 Å². The van der Waals surface area contributed by atoms with Gasteiger partial charge in [0.25, 0.3) is 0 Å². The zero-order valence-corrected chi connectivity index (χ0v) is 11.9. The Balaban J connectivity index is 1.87. The third-order valence-corrected chi connectivity index (χ3v) is 3.54. The van der Waals surface area contributed by atoms with Crippen LogP contribution in [0.5, 0.6) is 0 Å². The summed E-state index contributed by atoms with van der Waals surface area (Å²) >= 11 is 0. The lowest BCUT2D eigenvalue weighted by molar-refractivity contribution is 0.286. The number of benzene rings is 1. The van der Waals surface area contributed by atoms with Gasteiger partial charge in [-0.2, -0.15) is 0 Å². The second kappa shape index (κ2) is 7.33. The van der Waals surface area contributed by atoms with Gasteiger partial charge in [-0.3, -0.25) is 4.90 Å². The highest BCUT2D eigenvalue weighted by atomic mass is 15.1. The molecule has 1 aromatic rings. The number of terminal acetylenes is 1. The van der Waals surface area contributed by atoms with Gasteiger partial charge in [0.2, 0.25) is 0 Å². The molecule has 0 bridgehead atoms. The molecular weight excluding hydrogens is 232 g/mol. The van der Waals surface area contributed by atoms with Crippen LogP contribution in [0.1, 0.15) is 30.9 Å². The topological polar surface area (TPSA) is 15.3 Å². The van der Waals surface area contributed by atoms with Crippen molar-refractivity contribution in [3.8, 4) is 12.3 Å². The largest absolute Gasteiger partial charge is 0.313 e. The molecule has 1 N–H and O–H groups in total. The summed E-state index contributed by atoms with van der Waals surface area (Å²) in [4.78, 5) is 2.39. The minimum absolute atomic E-state index is 0.760. The van der Waals surface area contributed by atoms with E-state index >= 15 is 0 Å². The fourth-order valence-electron chi connectivity index (χ4n) is 2.27. The summed E-state index contributed by atoms with van der Waals surface area (Å²) < 4.78 is 0. The fraction of sp³-hybridized carbons (Fsp3) is 0.529. The highest BCUT2D eigenvalue weighted by molar-refractivity contribution is 5.22. The number of nitrogens with one attached hydrogen (secondary N) is 1. The first-order chi connectivity index (χ1) is 9.31. The van der Waals surface area contributed by atoms with Crippen molar-refractivity contribution in [3.63, 3.8) is 0 Å². The standard InChI is InChI=1S/C17H24N2/c1-3-11-19(14-17-9-10-17)13-16-7-5-15(6-8-16)12-18-4-2/h1,5-8,17-18H,4,9-14H2,2H3. The maximum atomic E-state index is 5.46. The predicted molar refractivity (Wildman–Crippen MR) is 80.7 cm³/mol. The van der Waals surface area contributed by atoms with Crippen molar-refractivity contribution in [1.29, 1.82) is 0 Å². The Morgan fingerprint density at radius 2 is 1.95 bits per heavy atom. The molecule has 1 saturated carbocycles. The van der Waals surface area contributed by atoms with E-state index in [2.05, 4.69) is 47.3 Å². The lowest BCUT2D eigenvalue weighted by Crippen LogP contribution is -2.26. The molecule has 1 fully saturated rings. The van der Waals surface area contributed by atoms with Crippen molar-refractivity contribution in [2.75, 3.05) is 19.6 Å². The molecule has 1 aliphatic carbocycles. The third-order valence-electron chi connectivity index (χ3n) is 3.54. The number of hydrogen-bond acceptors (Lipinski definition) is 2. The minimum atomic E-state index is 0.760. The molecule has 19 heavy (non-hydrogen) atoms. The lowest BCUT2D eigenvalue weighted by Gasteiger charge is -2.19. The number of nitrogens with zero attached hydrogens (tertiary/aromatic N) is 1. The third kappa shape index (κ3) is 5.06. The van der Waals surface area contributed by atoms with Gasteiger partial charge in [0.05, 0.1) is 6.54 Å². The van der Waals surface area contributed by atoms with E-state index in [0.717, 1.165) is 38.6 Å². The maximum Gasteiger partial charge on any atom is 0.0601 e. The molecule has 0 amide bonds. The van der Waals surface area contributed by atoms with Gasteiger partial charge in [-0.05, 0) is 36.4 Å². The van der Waals surface area contributed by atoms with E-state index in [9.17, 15) is 0 Å². The normalized spacial score (nSPS) is 14.6. The highest BCUT2D eigenvalue weighted by Crippen LogP contribution is 2.30. The van der Waals surface area contributed by atoms with Crippen LogP contribution in [-0.4, -0.2) is 24.5 Å². The van der Waals surface area contributed by atoms with Gasteiger partial charge in [-0.25, -0.2) is 0 Å². The van der Waals surface area contributed by atoms with Gasteiger partial charge in [0, 0.05) is 19.6 Å². The zero-order valence-electron chi connectivity index (χ0n) is 11.9. The van der Waals surface area contributed by atoms with Gasteiger partial charge >= 0.3 is 0 Å². The van der Waals surface area contributed by atoms with Gasteiger partial charge < -0.3 is 5.32 Å². The van der Waals surface area contributed by atoms with Crippen LogP contribution in [0.3, 0.4) is 0 Å². The molecule has 2 nitrogen and oxygen atoms in total. The summed E-state index contributed by atoms with van der Waals surface area (Å²) in [6.07, 6.45) is 8.21. The molecule has 2 heteroatoms. The average molecular weight is 256 g/mol. The van der Waals surface area contributed by atoms with Crippen molar-refractivity contribution >= 4 is 0 Å². The molecule has 0 unspecified atom stereocenters. The van der Waals surface area contributed by atoms with Crippen LogP contribution in [-0.2, 0) is 13.1 Å². The average Bonchev–Trinajstić information content (AvgIpc) is 3.22. The summed E-state index contributed by atoms with van der Waals surface area (Å²) in [7, 11) is 0. The quantitative estimate of drug-likeness (QED) is 0.719. The van der Waals surface area contributed by atoms with E-state index < -0.39 is 0 Å². The molecule has 0 aromatic heterocycles. The van der Waals surface area contributed by atoms with E-state index in [0.29, 0.717) is 0 Å². The van der Waals surface area contributed by atoms with E-state index in [1.807, 2.05) is 0 Å². The van der Waals surface area contributed by atoms with Crippen LogP contribution in [0, 0.1) is 18.3 Å². The van der Waals surface area contributed by atoms with Crippen LogP contribution in [0.4, 0.5) is 0 Å². The Kier molecular flexibility index (Phi) is 5.44. The Hall–Kier alpha value is -1.30. The van der Waals surface area contributed by atoms with Crippen molar-refractivity contribution in [2.45, 2.75) is 32.9 Å². The van der Waals surface area contributed by atoms with Gasteiger partial charge in [0.1, 0.15) is 0 Å². The SMILES string of the molecule is C#CCN(Cc1ccc(CNCC)cc1)CC1CC1. The molecule has 0 spiro atoms. The van der Waals surface area contributed by atoms with Crippen molar-refractivity contribution < 1.29 is 0 Å². The summed E-state index contributed by atoms with van der Waals surface area (Å²) in [5.41, 5.74) is 2.70. The molecule has 1 aliphatic rings. The summed E-state index contributed by atoms with van der Waals surface area (Å²) in [6.45, 7) is 6.98. The zero-order chi connectivity index (χ0) is 13.5. The Morgan fingerprint density at radius 1 is 1.26 bits per heavy atom. The highest BCUT2D eigenvalue weighted by Gasteiger charge is 2.23. The fourth-order valence-corrected chi connectivity index (χ4v) is 2.27. The predicted octanol–water partition coefficient (Wildman–Crippen LogP) is 2.64. The van der Waals surface area contributed by atoms with Crippen molar-refractivity contribution in [3.05, 3.63) is 35.4 Å². The maximum absolute atomic E-state index is 5.46. The van der Waals surface area contributed by atoms with E-state index in [-0.39, 0.29) is 0 Å². The van der Waals surface area contributed by atoms with Gasteiger partial charge in [-0.1, -0.05) is 37.1 Å². The first-order valence-electron chi connectivity index (χ1n) is 7.26. The van der Waals surface area contributed by atoms with Gasteiger partial charge in [-0.15, -0.1) is 6.42 Å². The molecule has 0 radical (unpaired) electrons. The van der Waals surface area contributed by atoms with Crippen LogP contribution in [0.15, 0.2) is 24.3 Å². The van der Waals surface area contributed by atoms with E-state index in [1.165, 1.54) is 24.0 Å². The minimum Gasteiger partial charge on any atom is -0.313 e. The molecule has 0 saturated heterocycles. The molecule has 0 heterocycles. The lowest BCUT2D eigenvalue weighted by atomic mass is 10.1. The Morgan fingerprint density at radius 3 is 2.53 bits per heavy atom. The molecule has 0 aliphatic heterocycles. The van der Waals surface area contributed by atoms with E-state index in [1.54, 1.807) is 0 Å². The number of hydrogen-bond donors (Lipinski definition) is 1. The molecule has 2 rings (SSSR count). The summed E-state index contributed by atoms with van der Waals surface area (Å²) in [6, 6.07) is 8.87. The van der Waals surface area contributed by atoms with Crippen LogP contribution < -0.4 is 5.32 Å². The van der Waals surface area contributed by atoms with Crippen LogP contribution >= 0.6 is 0 Å². The van der Waals surface area contributed by atoms with Crippen LogP contribution in [0.25, 0.3) is 0 Å². The second-order valence-corrected chi connectivity index (χ2v) is 5.41. The first kappa shape index (κ1) is 14.1. The Bertz CT molecular complexity index is 412. The second-order valence-electron chi connectivity index (χ2n) is 5.41. The smallest absolute Gasteiger partial charge is 0.0601 e. The van der Waals surface area contributed by atoms with Crippen molar-refractivity contribution in [2.24, 2.45) is 5.92 Å². The molecule has 0 atom stereocenters. The van der Waals surface area contributed by atoms with Crippen LogP contribution in [0.2, 0.25) is 0 Å². The molecular formula is C17H24N2. The summed E-state index contributed by atoms with van der Waals surface area (Å²) in [5.74, 6) is 3.67. The first-order valence-corrected chi connectivity index (χ1v) is 7.26. The number of rotatable bonds is 8. The molecule has 102 valence electrons.